The van der Waals surface area contributed by atoms with E-state index in [0.29, 0.717) is 61.8 Å². The van der Waals surface area contributed by atoms with Gasteiger partial charge in [0.25, 0.3) is 5.56 Å². The normalized spacial score (nSPS) is 13.2. The number of fused-ring (bicyclic) bond motifs is 4. The fourth-order valence-electron chi connectivity index (χ4n) is 3.94. The smallest absolute Gasteiger partial charge is 0.261 e. The summed E-state index contributed by atoms with van der Waals surface area (Å²) in [5.74, 6) is 0.832. The molecular weight excluding hydrogens is 445 g/mol. The standard InChI is InChI=1S/C21H16Cl3N5O/c1-10-4-5-15-12(7-10)21(30)28-6-2-3-16-17(20(28)26-15)19(25)29(27-16)18-13(23)8-11(22)9-14(18)24/h4-5,7-9H,2-3,6,25H2,1H3. The number of hydrogen-bond acceptors (Lipinski definition) is 4. The van der Waals surface area contributed by atoms with Crippen molar-refractivity contribution in [3.05, 3.63) is 67.0 Å². The molecule has 0 aliphatic carbocycles. The molecule has 0 unspecified atom stereocenters. The van der Waals surface area contributed by atoms with Crippen LogP contribution >= 0.6 is 34.8 Å². The Morgan fingerprint density at radius 1 is 1.10 bits per heavy atom. The van der Waals surface area contributed by atoms with Gasteiger partial charge in [-0.3, -0.25) is 9.36 Å². The molecule has 1 aliphatic rings. The number of benzene rings is 2. The molecule has 5 rings (SSSR count). The van der Waals surface area contributed by atoms with Crippen LogP contribution in [0.3, 0.4) is 0 Å². The van der Waals surface area contributed by atoms with E-state index in [9.17, 15) is 4.79 Å². The van der Waals surface area contributed by atoms with Crippen LogP contribution in [0.4, 0.5) is 5.82 Å². The summed E-state index contributed by atoms with van der Waals surface area (Å²) in [6.07, 6.45) is 1.38. The largest absolute Gasteiger partial charge is 0.383 e. The van der Waals surface area contributed by atoms with Crippen molar-refractivity contribution in [2.45, 2.75) is 26.3 Å². The lowest BCUT2D eigenvalue weighted by Gasteiger charge is -2.13. The second kappa shape index (κ2) is 7.01. The van der Waals surface area contributed by atoms with E-state index >= 15 is 0 Å². The summed E-state index contributed by atoms with van der Waals surface area (Å²) in [4.78, 5) is 18.0. The van der Waals surface area contributed by atoms with Gasteiger partial charge in [-0.25, -0.2) is 9.67 Å². The fourth-order valence-corrected chi connectivity index (χ4v) is 4.92. The Morgan fingerprint density at radius 2 is 1.83 bits per heavy atom. The number of aromatic nitrogens is 4. The summed E-state index contributed by atoms with van der Waals surface area (Å²) < 4.78 is 3.19. The second-order valence-electron chi connectivity index (χ2n) is 7.35. The molecule has 0 saturated carbocycles. The molecule has 0 fully saturated rings. The highest BCUT2D eigenvalue weighted by atomic mass is 35.5. The van der Waals surface area contributed by atoms with Crippen molar-refractivity contribution in [1.29, 1.82) is 0 Å². The molecule has 1 aliphatic heterocycles. The summed E-state index contributed by atoms with van der Waals surface area (Å²) in [5, 5.41) is 6.35. The van der Waals surface area contributed by atoms with Gasteiger partial charge < -0.3 is 5.73 Å². The minimum Gasteiger partial charge on any atom is -0.383 e. The summed E-state index contributed by atoms with van der Waals surface area (Å²) >= 11 is 18.8. The van der Waals surface area contributed by atoms with Gasteiger partial charge in [0, 0.05) is 11.6 Å². The molecule has 2 N–H and O–H groups in total. The molecule has 0 spiro atoms. The minimum absolute atomic E-state index is 0.0822. The number of anilines is 1. The van der Waals surface area contributed by atoms with Gasteiger partial charge in [0.15, 0.2) is 0 Å². The Labute approximate surface area is 186 Å². The van der Waals surface area contributed by atoms with Crippen LogP contribution in [0, 0.1) is 6.92 Å². The number of hydrogen-bond donors (Lipinski definition) is 1. The maximum Gasteiger partial charge on any atom is 0.261 e. The summed E-state index contributed by atoms with van der Waals surface area (Å²) in [6.45, 7) is 2.50. The first-order chi connectivity index (χ1) is 14.3. The van der Waals surface area contributed by atoms with Gasteiger partial charge in [0.2, 0.25) is 0 Å². The maximum atomic E-state index is 13.2. The van der Waals surface area contributed by atoms with Gasteiger partial charge in [-0.05, 0) is 44.0 Å². The van der Waals surface area contributed by atoms with Gasteiger partial charge in [-0.2, -0.15) is 5.10 Å². The summed E-state index contributed by atoms with van der Waals surface area (Å²) in [7, 11) is 0. The highest BCUT2D eigenvalue weighted by Crippen LogP contribution is 2.38. The number of halogens is 3. The first-order valence-corrected chi connectivity index (χ1v) is 10.5. The first-order valence-electron chi connectivity index (χ1n) is 9.39. The van der Waals surface area contributed by atoms with Crippen molar-refractivity contribution in [3.63, 3.8) is 0 Å². The van der Waals surface area contributed by atoms with E-state index < -0.39 is 0 Å². The molecule has 0 amide bonds. The molecule has 0 atom stereocenters. The Kier molecular flexibility index (Phi) is 4.54. The van der Waals surface area contributed by atoms with Crippen molar-refractivity contribution in [3.8, 4) is 17.1 Å². The van der Waals surface area contributed by atoms with Gasteiger partial charge in [0.05, 0.1) is 32.2 Å². The van der Waals surface area contributed by atoms with Crippen LogP contribution in [0.15, 0.2) is 35.1 Å². The van der Waals surface area contributed by atoms with Crippen molar-refractivity contribution in [2.24, 2.45) is 0 Å². The fraction of sp³-hybridized carbons (Fsp3) is 0.190. The Balaban J connectivity index is 1.82. The van der Waals surface area contributed by atoms with Crippen LogP contribution in [0.2, 0.25) is 15.1 Å². The third-order valence-electron chi connectivity index (χ3n) is 5.32. The van der Waals surface area contributed by atoms with Crippen LogP contribution in [-0.2, 0) is 13.0 Å². The maximum absolute atomic E-state index is 13.2. The average Bonchev–Trinajstić information content (AvgIpc) is 2.88. The third-order valence-corrected chi connectivity index (χ3v) is 6.11. The van der Waals surface area contributed by atoms with Gasteiger partial charge in [-0.15, -0.1) is 0 Å². The molecule has 0 saturated heterocycles. The van der Waals surface area contributed by atoms with Crippen LogP contribution in [-0.4, -0.2) is 19.3 Å². The quantitative estimate of drug-likeness (QED) is 0.431. The van der Waals surface area contributed by atoms with Crippen LogP contribution in [0.1, 0.15) is 17.7 Å². The minimum atomic E-state index is -0.0822. The van der Waals surface area contributed by atoms with Crippen LogP contribution in [0.25, 0.3) is 28.0 Å². The summed E-state index contributed by atoms with van der Waals surface area (Å²) in [6, 6.07) is 8.82. The van der Waals surface area contributed by atoms with Crippen LogP contribution in [0.5, 0.6) is 0 Å². The SMILES string of the molecule is Cc1ccc2nc3n(c(=O)c2c1)CCCc1nn(-c2c(Cl)cc(Cl)cc2Cl)c(N)c1-3. The highest BCUT2D eigenvalue weighted by Gasteiger charge is 2.27. The zero-order valence-corrected chi connectivity index (χ0v) is 18.2. The predicted octanol–water partition coefficient (Wildman–Crippen LogP) is 5.05. The molecule has 30 heavy (non-hydrogen) atoms. The number of nitrogens with zero attached hydrogens (tertiary/aromatic N) is 4. The Bertz CT molecular complexity index is 1380. The zero-order valence-electron chi connectivity index (χ0n) is 15.9. The van der Waals surface area contributed by atoms with Gasteiger partial charge >= 0.3 is 0 Å². The second-order valence-corrected chi connectivity index (χ2v) is 8.60. The van der Waals surface area contributed by atoms with Crippen molar-refractivity contribution in [2.75, 3.05) is 5.73 Å². The highest BCUT2D eigenvalue weighted by molar-refractivity contribution is 6.40. The molecule has 0 bridgehead atoms. The van der Waals surface area contributed by atoms with Crippen molar-refractivity contribution in [1.82, 2.24) is 19.3 Å². The molecule has 4 aromatic rings. The van der Waals surface area contributed by atoms with E-state index in [4.69, 9.17) is 45.5 Å². The van der Waals surface area contributed by atoms with Crippen LogP contribution < -0.4 is 11.3 Å². The molecular formula is C21H16Cl3N5O. The Hall–Kier alpha value is -2.54. The van der Waals surface area contributed by atoms with E-state index in [1.165, 1.54) is 4.68 Å². The predicted molar refractivity (Wildman–Crippen MR) is 121 cm³/mol. The zero-order chi connectivity index (χ0) is 21.2. The van der Waals surface area contributed by atoms with Gasteiger partial charge in [0.1, 0.15) is 17.3 Å². The molecule has 2 aromatic heterocycles. The number of aryl methyl sites for hydroxylation is 2. The monoisotopic (exact) mass is 459 g/mol. The molecule has 2 aromatic carbocycles. The number of nitrogens with two attached hydrogens (primary N) is 1. The Morgan fingerprint density at radius 3 is 2.57 bits per heavy atom. The lowest BCUT2D eigenvalue weighted by Crippen LogP contribution is -2.23. The van der Waals surface area contributed by atoms with Crippen molar-refractivity contribution < 1.29 is 0 Å². The first kappa shape index (κ1) is 19.4. The van der Waals surface area contributed by atoms with E-state index in [1.54, 1.807) is 16.7 Å². The summed E-state index contributed by atoms with van der Waals surface area (Å²) in [5.41, 5.74) is 9.91. The molecule has 0 radical (unpaired) electrons. The number of rotatable bonds is 1. The third kappa shape index (κ3) is 2.90. The number of nitrogen functional groups attached to an aromatic ring is 1. The molecule has 152 valence electrons. The van der Waals surface area contributed by atoms with E-state index in [0.717, 1.165) is 17.7 Å². The molecule has 3 heterocycles. The topological polar surface area (TPSA) is 78.7 Å². The molecule has 6 nitrogen and oxygen atoms in total. The lowest BCUT2D eigenvalue weighted by atomic mass is 10.1. The van der Waals surface area contributed by atoms with Gasteiger partial charge in [-0.1, -0.05) is 46.4 Å². The average molecular weight is 461 g/mol. The van der Waals surface area contributed by atoms with E-state index in [-0.39, 0.29) is 5.56 Å². The van der Waals surface area contributed by atoms with E-state index in [1.807, 2.05) is 25.1 Å². The molecule has 9 heteroatoms. The van der Waals surface area contributed by atoms with E-state index in [2.05, 4.69) is 5.10 Å². The lowest BCUT2D eigenvalue weighted by molar-refractivity contribution is 0.629. The van der Waals surface area contributed by atoms with Crippen molar-refractivity contribution >= 4 is 51.5 Å².